The van der Waals surface area contributed by atoms with Crippen molar-refractivity contribution >= 4 is 5.91 Å². The van der Waals surface area contributed by atoms with Crippen molar-refractivity contribution in [3.8, 4) is 0 Å². The summed E-state index contributed by atoms with van der Waals surface area (Å²) in [7, 11) is 0. The van der Waals surface area contributed by atoms with Crippen molar-refractivity contribution < 1.29 is 9.21 Å². The summed E-state index contributed by atoms with van der Waals surface area (Å²) in [6.45, 7) is 1.41. The van der Waals surface area contributed by atoms with Gasteiger partial charge in [-0.25, -0.2) is 0 Å². The van der Waals surface area contributed by atoms with Gasteiger partial charge in [-0.05, 0) is 12.1 Å². The molecule has 0 radical (unpaired) electrons. The molecule has 1 aliphatic rings. The molecule has 1 aromatic rings. The zero-order valence-electron chi connectivity index (χ0n) is 7.25. The lowest BCUT2D eigenvalue weighted by molar-refractivity contribution is -0.119. The molecule has 1 atom stereocenters. The molecule has 4 nitrogen and oxygen atoms in total. The molecule has 0 aliphatic carbocycles. The third-order valence-electron chi connectivity index (χ3n) is 2.12. The molecule has 2 N–H and O–H groups in total. The number of amides is 1. The monoisotopic (exact) mass is 180 g/mol. The predicted molar refractivity (Wildman–Crippen MR) is 47.0 cm³/mol. The Morgan fingerprint density at radius 1 is 1.69 bits per heavy atom. The van der Waals surface area contributed by atoms with E-state index in [9.17, 15) is 4.79 Å². The highest BCUT2D eigenvalue weighted by Crippen LogP contribution is 2.03. The Balaban J connectivity index is 1.77. The minimum Gasteiger partial charge on any atom is -0.468 e. The van der Waals surface area contributed by atoms with Crippen LogP contribution < -0.4 is 10.6 Å². The number of furan rings is 1. The van der Waals surface area contributed by atoms with E-state index in [1.165, 1.54) is 0 Å². The lowest BCUT2D eigenvalue weighted by Crippen LogP contribution is -2.30. The number of carbonyl (C=O) groups excluding carboxylic acids is 1. The Morgan fingerprint density at radius 3 is 3.23 bits per heavy atom. The molecule has 1 unspecified atom stereocenters. The van der Waals surface area contributed by atoms with Gasteiger partial charge >= 0.3 is 0 Å². The lowest BCUT2D eigenvalue weighted by atomic mass is 10.2. The fourth-order valence-corrected chi connectivity index (χ4v) is 1.41. The van der Waals surface area contributed by atoms with Gasteiger partial charge in [-0.15, -0.1) is 0 Å². The maximum absolute atomic E-state index is 10.8. The van der Waals surface area contributed by atoms with Crippen molar-refractivity contribution in [2.24, 2.45) is 0 Å². The van der Waals surface area contributed by atoms with Gasteiger partial charge in [0.25, 0.3) is 0 Å². The molecule has 1 saturated heterocycles. The molecule has 2 rings (SSSR count). The Morgan fingerprint density at radius 2 is 2.62 bits per heavy atom. The zero-order chi connectivity index (χ0) is 9.10. The first-order valence-corrected chi connectivity index (χ1v) is 4.37. The van der Waals surface area contributed by atoms with Crippen molar-refractivity contribution in [2.75, 3.05) is 6.54 Å². The molecular formula is C9H12N2O2. The summed E-state index contributed by atoms with van der Waals surface area (Å²) in [6.07, 6.45) is 2.22. The third-order valence-corrected chi connectivity index (χ3v) is 2.12. The summed E-state index contributed by atoms with van der Waals surface area (Å²) < 4.78 is 5.15. The highest BCUT2D eigenvalue weighted by atomic mass is 16.3. The van der Waals surface area contributed by atoms with Gasteiger partial charge in [0.05, 0.1) is 12.8 Å². The van der Waals surface area contributed by atoms with E-state index in [1.807, 2.05) is 12.1 Å². The van der Waals surface area contributed by atoms with Crippen LogP contribution in [0.2, 0.25) is 0 Å². The van der Waals surface area contributed by atoms with Crippen LogP contribution in [0.25, 0.3) is 0 Å². The highest BCUT2D eigenvalue weighted by molar-refractivity contribution is 5.78. The van der Waals surface area contributed by atoms with Crippen LogP contribution in [0.4, 0.5) is 0 Å². The van der Waals surface area contributed by atoms with Crippen LogP contribution in [0.1, 0.15) is 12.2 Å². The van der Waals surface area contributed by atoms with Gasteiger partial charge in [0.15, 0.2) is 0 Å². The number of rotatable bonds is 3. The van der Waals surface area contributed by atoms with Gasteiger partial charge in [0, 0.05) is 19.0 Å². The maximum Gasteiger partial charge on any atom is 0.221 e. The first-order chi connectivity index (χ1) is 6.34. The van der Waals surface area contributed by atoms with Crippen molar-refractivity contribution in [3.05, 3.63) is 24.2 Å². The van der Waals surface area contributed by atoms with Crippen molar-refractivity contribution in [2.45, 2.75) is 19.0 Å². The largest absolute Gasteiger partial charge is 0.468 e. The second-order valence-electron chi connectivity index (χ2n) is 3.17. The first-order valence-electron chi connectivity index (χ1n) is 4.37. The summed E-state index contributed by atoms with van der Waals surface area (Å²) in [6, 6.07) is 4.02. The average molecular weight is 180 g/mol. The van der Waals surface area contributed by atoms with Crippen LogP contribution >= 0.6 is 0 Å². The van der Waals surface area contributed by atoms with Gasteiger partial charge in [-0.1, -0.05) is 0 Å². The number of nitrogens with one attached hydrogen (secondary N) is 2. The first kappa shape index (κ1) is 8.31. The maximum atomic E-state index is 10.8. The molecule has 0 aromatic carbocycles. The highest BCUT2D eigenvalue weighted by Gasteiger charge is 2.20. The molecular weight excluding hydrogens is 168 g/mol. The van der Waals surface area contributed by atoms with Crippen LogP contribution in [0, 0.1) is 0 Å². The van der Waals surface area contributed by atoms with Crippen LogP contribution in [0.15, 0.2) is 22.8 Å². The van der Waals surface area contributed by atoms with Gasteiger partial charge in [-0.3, -0.25) is 4.79 Å². The van der Waals surface area contributed by atoms with E-state index >= 15 is 0 Å². The van der Waals surface area contributed by atoms with Gasteiger partial charge in [0.1, 0.15) is 5.76 Å². The quantitative estimate of drug-likeness (QED) is 0.701. The normalized spacial score (nSPS) is 21.8. The Labute approximate surface area is 76.3 Å². The topological polar surface area (TPSA) is 54.3 Å². The minimum absolute atomic E-state index is 0.122. The van der Waals surface area contributed by atoms with Crippen molar-refractivity contribution in [3.63, 3.8) is 0 Å². The second kappa shape index (κ2) is 3.62. The molecule has 13 heavy (non-hydrogen) atoms. The van der Waals surface area contributed by atoms with Crippen LogP contribution in [-0.4, -0.2) is 18.5 Å². The second-order valence-corrected chi connectivity index (χ2v) is 3.17. The Bertz CT molecular complexity index is 282. The molecule has 4 heteroatoms. The lowest BCUT2D eigenvalue weighted by Gasteiger charge is -2.07. The van der Waals surface area contributed by atoms with Crippen molar-refractivity contribution in [1.82, 2.24) is 10.6 Å². The molecule has 0 bridgehead atoms. The van der Waals surface area contributed by atoms with E-state index in [1.54, 1.807) is 6.26 Å². The number of hydrogen-bond acceptors (Lipinski definition) is 3. The third kappa shape index (κ3) is 2.09. The van der Waals surface area contributed by atoms with E-state index in [0.717, 1.165) is 12.3 Å². The van der Waals surface area contributed by atoms with E-state index in [0.29, 0.717) is 13.0 Å². The van der Waals surface area contributed by atoms with E-state index in [2.05, 4.69) is 10.6 Å². The number of hydrogen-bond donors (Lipinski definition) is 2. The molecule has 1 aliphatic heterocycles. The van der Waals surface area contributed by atoms with Crippen molar-refractivity contribution in [1.29, 1.82) is 0 Å². The molecule has 0 saturated carbocycles. The smallest absolute Gasteiger partial charge is 0.221 e. The summed E-state index contributed by atoms with van der Waals surface area (Å²) in [4.78, 5) is 10.8. The summed E-state index contributed by atoms with van der Waals surface area (Å²) in [5.74, 6) is 1.02. The van der Waals surface area contributed by atoms with Crippen LogP contribution in [0.5, 0.6) is 0 Å². The minimum atomic E-state index is 0.122. The molecule has 1 amide bonds. The molecule has 0 spiro atoms. The van der Waals surface area contributed by atoms with E-state index < -0.39 is 0 Å². The van der Waals surface area contributed by atoms with E-state index in [-0.39, 0.29) is 11.9 Å². The average Bonchev–Trinajstić information content (AvgIpc) is 2.71. The number of carbonyl (C=O) groups is 1. The van der Waals surface area contributed by atoms with Gasteiger partial charge < -0.3 is 15.1 Å². The van der Waals surface area contributed by atoms with Gasteiger partial charge in [0.2, 0.25) is 5.91 Å². The zero-order valence-corrected chi connectivity index (χ0v) is 7.25. The molecule has 1 aromatic heterocycles. The van der Waals surface area contributed by atoms with E-state index in [4.69, 9.17) is 4.42 Å². The fraction of sp³-hybridized carbons (Fsp3) is 0.444. The van der Waals surface area contributed by atoms with Crippen LogP contribution in [-0.2, 0) is 11.3 Å². The van der Waals surface area contributed by atoms with Crippen LogP contribution in [0.3, 0.4) is 0 Å². The standard InChI is InChI=1S/C9H12N2O2/c12-9-4-7(5-11-9)10-6-8-2-1-3-13-8/h1-3,7,10H,4-6H2,(H,11,12). The molecule has 1 fully saturated rings. The fourth-order valence-electron chi connectivity index (χ4n) is 1.41. The summed E-state index contributed by atoms with van der Waals surface area (Å²) in [5.41, 5.74) is 0. The Kier molecular flexibility index (Phi) is 2.31. The Hall–Kier alpha value is -1.29. The molecule has 70 valence electrons. The van der Waals surface area contributed by atoms with Gasteiger partial charge in [-0.2, -0.15) is 0 Å². The summed E-state index contributed by atoms with van der Waals surface area (Å²) in [5, 5.41) is 6.00. The SMILES string of the molecule is O=C1CC(NCc2ccco2)CN1. The predicted octanol–water partition coefficient (Wildman–Crippen LogP) is 0.258. The molecule has 2 heterocycles. The summed E-state index contributed by atoms with van der Waals surface area (Å²) >= 11 is 0.